The number of hydrogen-bond acceptors (Lipinski definition) is 4. The minimum Gasteiger partial charge on any atom is -0.438 e. The Morgan fingerprint density at radius 1 is 1.56 bits per heavy atom. The molecule has 0 aliphatic rings. The summed E-state index contributed by atoms with van der Waals surface area (Å²) in [6.45, 7) is 1.67. The van der Waals surface area contributed by atoms with Crippen molar-refractivity contribution in [2.45, 2.75) is 6.92 Å². The third-order valence-corrected chi connectivity index (χ3v) is 2.80. The molecule has 1 aromatic heterocycles. The summed E-state index contributed by atoms with van der Waals surface area (Å²) in [7, 11) is 0. The molecule has 0 atom stereocenters. The number of carbonyl (C=O) groups is 1. The lowest BCUT2D eigenvalue weighted by Crippen LogP contribution is -2.13. The molecule has 0 fully saturated rings. The number of anilines is 1. The quantitative estimate of drug-likeness (QED) is 0.925. The van der Waals surface area contributed by atoms with E-state index < -0.39 is 5.91 Å². The van der Waals surface area contributed by atoms with Crippen LogP contribution in [0, 0.1) is 18.3 Å². The molecule has 0 unspecified atom stereocenters. The molecule has 0 spiro atoms. The molecule has 1 aromatic carbocycles. The van der Waals surface area contributed by atoms with E-state index in [1.807, 2.05) is 6.07 Å². The van der Waals surface area contributed by atoms with Crippen LogP contribution in [0.5, 0.6) is 0 Å². The van der Waals surface area contributed by atoms with Crippen molar-refractivity contribution in [1.82, 2.24) is 4.98 Å². The van der Waals surface area contributed by atoms with Crippen molar-refractivity contribution in [2.75, 3.05) is 5.32 Å². The van der Waals surface area contributed by atoms with E-state index in [1.54, 1.807) is 25.1 Å². The summed E-state index contributed by atoms with van der Waals surface area (Å²) in [6.07, 6.45) is 1.20. The van der Waals surface area contributed by atoms with Crippen molar-refractivity contribution in [3.05, 3.63) is 46.1 Å². The van der Waals surface area contributed by atoms with E-state index >= 15 is 0 Å². The number of oxazole rings is 1. The lowest BCUT2D eigenvalue weighted by molar-refractivity contribution is 0.0996. The van der Waals surface area contributed by atoms with Crippen molar-refractivity contribution in [2.24, 2.45) is 0 Å². The van der Waals surface area contributed by atoms with E-state index in [0.29, 0.717) is 16.9 Å². The minimum atomic E-state index is -0.431. The van der Waals surface area contributed by atoms with E-state index in [2.05, 4.69) is 26.2 Å². The van der Waals surface area contributed by atoms with Crippen molar-refractivity contribution in [1.29, 1.82) is 5.26 Å². The number of nitriles is 1. The molecule has 2 rings (SSSR count). The molecular weight excluding hydrogens is 298 g/mol. The number of amides is 1. The summed E-state index contributed by atoms with van der Waals surface area (Å²) in [5.74, 6) is -0.293. The third-order valence-electron chi connectivity index (χ3n) is 2.30. The molecule has 5 nitrogen and oxygen atoms in total. The second kappa shape index (κ2) is 5.02. The van der Waals surface area contributed by atoms with Gasteiger partial charge in [-0.1, -0.05) is 15.9 Å². The van der Waals surface area contributed by atoms with Gasteiger partial charge in [0.05, 0.1) is 16.9 Å². The first kappa shape index (κ1) is 12.3. The number of rotatable bonds is 2. The monoisotopic (exact) mass is 305 g/mol. The van der Waals surface area contributed by atoms with Crippen LogP contribution < -0.4 is 5.32 Å². The van der Waals surface area contributed by atoms with Crippen molar-refractivity contribution in [3.63, 3.8) is 0 Å². The van der Waals surface area contributed by atoms with Crippen LogP contribution in [0.25, 0.3) is 0 Å². The largest absolute Gasteiger partial charge is 0.438 e. The molecular formula is C12H8BrN3O2. The highest BCUT2D eigenvalue weighted by Gasteiger charge is 2.15. The Balaban J connectivity index is 2.30. The summed E-state index contributed by atoms with van der Waals surface area (Å²) in [5, 5.41) is 11.6. The molecule has 2 aromatic rings. The van der Waals surface area contributed by atoms with E-state index in [1.165, 1.54) is 6.39 Å². The molecule has 0 bridgehead atoms. The fraction of sp³-hybridized carbons (Fsp3) is 0.0833. The molecule has 1 heterocycles. The second-order valence-corrected chi connectivity index (χ2v) is 4.44. The fourth-order valence-corrected chi connectivity index (χ4v) is 1.78. The molecule has 18 heavy (non-hydrogen) atoms. The standard InChI is InChI=1S/C12H8BrN3O2/c1-7-11(18-6-15-7)12(17)16-10-4-9(13)3-2-8(10)5-14/h2-4,6H,1H3,(H,16,17). The Labute approximate surface area is 112 Å². The molecule has 1 N–H and O–H groups in total. The van der Waals surface area contributed by atoms with Gasteiger partial charge in [-0.3, -0.25) is 4.79 Å². The Kier molecular flexibility index (Phi) is 3.44. The Hall–Kier alpha value is -2.13. The molecule has 90 valence electrons. The number of benzene rings is 1. The van der Waals surface area contributed by atoms with Gasteiger partial charge in [0.2, 0.25) is 5.76 Å². The maximum Gasteiger partial charge on any atom is 0.293 e. The zero-order valence-corrected chi connectivity index (χ0v) is 11.0. The maximum absolute atomic E-state index is 11.9. The number of nitrogens with one attached hydrogen (secondary N) is 1. The van der Waals surface area contributed by atoms with E-state index in [9.17, 15) is 4.79 Å². The summed E-state index contributed by atoms with van der Waals surface area (Å²) >= 11 is 3.28. The highest BCUT2D eigenvalue weighted by molar-refractivity contribution is 9.10. The zero-order chi connectivity index (χ0) is 13.1. The summed E-state index contributed by atoms with van der Waals surface area (Å²) in [6, 6.07) is 7.01. The summed E-state index contributed by atoms with van der Waals surface area (Å²) < 4.78 is 5.75. The lowest BCUT2D eigenvalue weighted by atomic mass is 10.2. The summed E-state index contributed by atoms with van der Waals surface area (Å²) in [4.78, 5) is 15.7. The Morgan fingerprint density at radius 2 is 2.33 bits per heavy atom. The Morgan fingerprint density at radius 3 is 2.94 bits per heavy atom. The number of nitrogens with zero attached hydrogens (tertiary/aromatic N) is 2. The normalized spacial score (nSPS) is 9.83. The number of aromatic nitrogens is 1. The van der Waals surface area contributed by atoms with Crippen LogP contribution >= 0.6 is 15.9 Å². The van der Waals surface area contributed by atoms with Gasteiger partial charge >= 0.3 is 0 Å². The number of hydrogen-bond donors (Lipinski definition) is 1. The fourth-order valence-electron chi connectivity index (χ4n) is 1.42. The van der Waals surface area contributed by atoms with Gasteiger partial charge in [0.1, 0.15) is 6.07 Å². The molecule has 0 saturated heterocycles. The predicted molar refractivity (Wildman–Crippen MR) is 68.1 cm³/mol. The van der Waals surface area contributed by atoms with Crippen LogP contribution in [0.15, 0.2) is 33.5 Å². The van der Waals surface area contributed by atoms with Gasteiger partial charge in [0, 0.05) is 4.47 Å². The van der Waals surface area contributed by atoms with E-state index in [4.69, 9.17) is 9.68 Å². The first-order valence-electron chi connectivity index (χ1n) is 5.03. The van der Waals surface area contributed by atoms with Gasteiger partial charge in [-0.05, 0) is 25.1 Å². The SMILES string of the molecule is Cc1ncoc1C(=O)Nc1cc(Br)ccc1C#N. The number of aryl methyl sites for hydroxylation is 1. The zero-order valence-electron chi connectivity index (χ0n) is 9.40. The molecule has 0 aliphatic heterocycles. The molecule has 0 aliphatic carbocycles. The summed E-state index contributed by atoms with van der Waals surface area (Å²) in [5.41, 5.74) is 1.30. The smallest absolute Gasteiger partial charge is 0.293 e. The van der Waals surface area contributed by atoms with E-state index in [0.717, 1.165) is 4.47 Å². The maximum atomic E-state index is 11.9. The van der Waals surface area contributed by atoms with Crippen molar-refractivity contribution >= 4 is 27.5 Å². The van der Waals surface area contributed by atoms with Gasteiger partial charge in [0.25, 0.3) is 5.91 Å². The highest BCUT2D eigenvalue weighted by Crippen LogP contribution is 2.21. The van der Waals surface area contributed by atoms with Crippen LogP contribution in [0.1, 0.15) is 21.8 Å². The van der Waals surface area contributed by atoms with Gasteiger partial charge in [-0.25, -0.2) is 4.98 Å². The van der Waals surface area contributed by atoms with Gasteiger partial charge < -0.3 is 9.73 Å². The minimum absolute atomic E-state index is 0.138. The molecule has 1 amide bonds. The van der Waals surface area contributed by atoms with Crippen LogP contribution in [0.3, 0.4) is 0 Å². The van der Waals surface area contributed by atoms with Crippen LogP contribution in [-0.2, 0) is 0 Å². The van der Waals surface area contributed by atoms with Gasteiger partial charge in [0.15, 0.2) is 6.39 Å². The van der Waals surface area contributed by atoms with Crippen LogP contribution in [0.2, 0.25) is 0 Å². The lowest BCUT2D eigenvalue weighted by Gasteiger charge is -2.06. The molecule has 0 radical (unpaired) electrons. The first-order chi connectivity index (χ1) is 8.61. The topological polar surface area (TPSA) is 78.9 Å². The predicted octanol–water partition coefficient (Wildman–Crippen LogP) is 2.87. The average molecular weight is 306 g/mol. The second-order valence-electron chi connectivity index (χ2n) is 3.52. The molecule has 0 saturated carbocycles. The highest BCUT2D eigenvalue weighted by atomic mass is 79.9. The van der Waals surface area contributed by atoms with Crippen LogP contribution in [-0.4, -0.2) is 10.9 Å². The first-order valence-corrected chi connectivity index (χ1v) is 5.82. The van der Waals surface area contributed by atoms with Gasteiger partial charge in [-0.15, -0.1) is 0 Å². The van der Waals surface area contributed by atoms with E-state index in [-0.39, 0.29) is 5.76 Å². The molecule has 6 heteroatoms. The third kappa shape index (κ3) is 2.41. The van der Waals surface area contributed by atoms with Crippen molar-refractivity contribution < 1.29 is 9.21 Å². The van der Waals surface area contributed by atoms with Crippen LogP contribution in [0.4, 0.5) is 5.69 Å². The number of halogens is 1. The average Bonchev–Trinajstić information content (AvgIpc) is 2.76. The van der Waals surface area contributed by atoms with Gasteiger partial charge in [-0.2, -0.15) is 5.26 Å². The van der Waals surface area contributed by atoms with Crippen molar-refractivity contribution in [3.8, 4) is 6.07 Å². The Bertz CT molecular complexity index is 643. The number of carbonyl (C=O) groups excluding carboxylic acids is 1.